The van der Waals surface area contributed by atoms with Crippen LogP contribution in [0.25, 0.3) is 17.0 Å². The zero-order valence-electron chi connectivity index (χ0n) is 22.4. The summed E-state index contributed by atoms with van der Waals surface area (Å²) in [5.41, 5.74) is 1.64. The predicted octanol–water partition coefficient (Wildman–Crippen LogP) is 0.470. The van der Waals surface area contributed by atoms with E-state index in [4.69, 9.17) is 47.9 Å². The lowest BCUT2D eigenvalue weighted by Crippen LogP contribution is -3.14. The second-order valence-corrected chi connectivity index (χ2v) is 8.46. The third kappa shape index (κ3) is 7.52. The number of carbonyl (C=O) groups excluding carboxylic acids is 2. The van der Waals surface area contributed by atoms with Gasteiger partial charge in [0.1, 0.15) is 43.3 Å². The van der Waals surface area contributed by atoms with Gasteiger partial charge in [0.15, 0.2) is 23.1 Å². The molecule has 12 nitrogen and oxygen atoms in total. The molecule has 0 radical (unpaired) electrons. The minimum Gasteiger partial charge on any atom is -0.539 e. The maximum absolute atomic E-state index is 13.5. The van der Waals surface area contributed by atoms with E-state index in [-0.39, 0.29) is 5.78 Å². The van der Waals surface area contributed by atoms with Crippen molar-refractivity contribution in [2.75, 3.05) is 60.8 Å². The van der Waals surface area contributed by atoms with Crippen LogP contribution in [0.1, 0.15) is 15.9 Å². The van der Waals surface area contributed by atoms with Crippen molar-refractivity contribution in [2.45, 2.75) is 0 Å². The maximum Gasteiger partial charge on any atom is 0.351 e. The molecule has 0 bridgehead atoms. The fourth-order valence-electron chi connectivity index (χ4n) is 4.06. The van der Waals surface area contributed by atoms with E-state index in [0.717, 1.165) is 44.2 Å². The topological polar surface area (TPSA) is 158 Å². The first kappa shape index (κ1) is 30.0. The molecule has 1 aliphatic rings. The molecule has 4 rings (SSSR count). The molecule has 1 fully saturated rings. The van der Waals surface area contributed by atoms with Crippen molar-refractivity contribution < 1.29 is 57.6 Å². The summed E-state index contributed by atoms with van der Waals surface area (Å²) < 4.78 is 33.8. The van der Waals surface area contributed by atoms with E-state index >= 15 is 0 Å². The largest absolute Gasteiger partial charge is 0.539 e. The molecule has 0 amide bonds. The zero-order valence-corrected chi connectivity index (χ0v) is 22.4. The highest BCUT2D eigenvalue weighted by Crippen LogP contribution is 2.46. The van der Waals surface area contributed by atoms with Crippen LogP contribution in [-0.4, -0.2) is 83.6 Å². The number of morpholine rings is 1. The molecular formula is C28H31NO11. The van der Waals surface area contributed by atoms with Crippen molar-refractivity contribution in [2.24, 2.45) is 0 Å². The third-order valence-electron chi connectivity index (χ3n) is 6.05. The number of furan rings is 1. The van der Waals surface area contributed by atoms with Gasteiger partial charge in [0.25, 0.3) is 0 Å². The quantitative estimate of drug-likeness (QED) is 0.203. The van der Waals surface area contributed by atoms with Gasteiger partial charge in [0.05, 0.1) is 46.2 Å². The molecule has 0 spiro atoms. The fourth-order valence-corrected chi connectivity index (χ4v) is 4.06. The Bertz CT molecular complexity index is 1330. The first-order valence-corrected chi connectivity index (χ1v) is 12.3. The third-order valence-corrected chi connectivity index (χ3v) is 6.05. The highest BCUT2D eigenvalue weighted by Gasteiger charge is 2.28. The van der Waals surface area contributed by atoms with E-state index in [9.17, 15) is 4.79 Å². The summed E-state index contributed by atoms with van der Waals surface area (Å²) in [7, 11) is 4.67. The number of nitrogens with one attached hydrogen (secondary N) is 1. The molecule has 2 aromatic carbocycles. The first-order valence-electron chi connectivity index (χ1n) is 12.3. The molecule has 1 saturated heterocycles. The van der Waals surface area contributed by atoms with Gasteiger partial charge in [-0.2, -0.15) is 0 Å². The summed E-state index contributed by atoms with van der Waals surface area (Å²) in [5.74, 6) is -2.44. The van der Waals surface area contributed by atoms with E-state index in [1.165, 1.54) is 25.2 Å². The Morgan fingerprint density at radius 3 is 2.20 bits per heavy atom. The van der Waals surface area contributed by atoms with Crippen LogP contribution in [0.3, 0.4) is 0 Å². The number of allylic oxidation sites excluding steroid dienone is 1. The van der Waals surface area contributed by atoms with Gasteiger partial charge in [0.2, 0.25) is 5.75 Å². The van der Waals surface area contributed by atoms with Crippen molar-refractivity contribution in [1.82, 2.24) is 0 Å². The molecule has 214 valence electrons. The molecule has 1 aliphatic heterocycles. The number of ether oxygens (including phenoxy) is 5. The number of carbonyl (C=O) groups is 3. The van der Waals surface area contributed by atoms with Gasteiger partial charge in [0, 0.05) is 0 Å². The van der Waals surface area contributed by atoms with E-state index in [1.807, 2.05) is 24.3 Å². The number of carboxylic acid groups (broad SMARTS) is 2. The minimum absolute atomic E-state index is 0.261. The summed E-state index contributed by atoms with van der Waals surface area (Å²) in [6.45, 7) is 4.52. The average Bonchev–Trinajstić information content (AvgIpc) is 3.46. The van der Waals surface area contributed by atoms with Crippen LogP contribution in [0.4, 0.5) is 0 Å². The Morgan fingerprint density at radius 1 is 0.975 bits per heavy atom. The summed E-state index contributed by atoms with van der Waals surface area (Å²) in [6.07, 6.45) is 4.79. The standard InChI is InChI=1S/C26H29NO7.C2H2O4/c1-29-19-7-4-18(5-8-19)6-9-21(28)22-23(30-2)20-10-14-33-24(20)26(31-3)25(22)34-17-13-27-11-15-32-16-12-27;3-1(4)2(5)6/h4-10,14H,11-13,15-17H2,1-3H3;(H,3,4)(H,5,6)/b9-6+;. The lowest BCUT2D eigenvalue weighted by Gasteiger charge is -2.24. The van der Waals surface area contributed by atoms with Crippen LogP contribution in [0.15, 0.2) is 47.1 Å². The zero-order chi connectivity index (χ0) is 29.1. The molecule has 12 heteroatoms. The number of hydrogen-bond donors (Lipinski definition) is 2. The smallest absolute Gasteiger partial charge is 0.351 e. The molecule has 0 saturated carbocycles. The molecule has 0 atom stereocenters. The number of aliphatic carboxylic acids is 2. The van der Waals surface area contributed by atoms with Crippen molar-refractivity contribution in [1.29, 1.82) is 0 Å². The summed E-state index contributed by atoms with van der Waals surface area (Å²) >= 11 is 0. The van der Waals surface area contributed by atoms with Gasteiger partial charge in [-0.15, -0.1) is 0 Å². The summed E-state index contributed by atoms with van der Waals surface area (Å²) in [4.78, 5) is 32.9. The lowest BCUT2D eigenvalue weighted by atomic mass is 10.0. The number of quaternary nitrogens is 1. The van der Waals surface area contributed by atoms with Gasteiger partial charge in [-0.25, -0.2) is 4.79 Å². The van der Waals surface area contributed by atoms with Gasteiger partial charge in [-0.1, -0.05) is 18.2 Å². The fraction of sp³-hybridized carbons (Fsp3) is 0.321. The summed E-state index contributed by atoms with van der Waals surface area (Å²) in [6, 6.07) is 9.19. The van der Waals surface area contributed by atoms with Crippen LogP contribution in [-0.2, 0) is 14.3 Å². The SMILES string of the molecule is COc1ccc(/C=C/C(=O)c2c(OCC[NH+]3CCOCC3)c(OC)c3occc3c2OC)cc1.O=C([O-])C(=O)O. The Morgan fingerprint density at radius 2 is 1.62 bits per heavy atom. The highest BCUT2D eigenvalue weighted by molar-refractivity contribution is 6.26. The Hall–Kier alpha value is -4.55. The highest BCUT2D eigenvalue weighted by atomic mass is 16.5. The second-order valence-electron chi connectivity index (χ2n) is 8.46. The number of rotatable bonds is 10. The van der Waals surface area contributed by atoms with Gasteiger partial charge in [-0.3, -0.25) is 4.79 Å². The number of hydrogen-bond acceptors (Lipinski definition) is 10. The van der Waals surface area contributed by atoms with Crippen molar-refractivity contribution >= 4 is 34.8 Å². The van der Waals surface area contributed by atoms with Gasteiger partial charge >= 0.3 is 5.97 Å². The van der Waals surface area contributed by atoms with Crippen LogP contribution in [0.2, 0.25) is 0 Å². The van der Waals surface area contributed by atoms with Crippen LogP contribution < -0.4 is 29.0 Å². The summed E-state index contributed by atoms with van der Waals surface area (Å²) in [5, 5.41) is 17.0. The number of carboxylic acids is 2. The minimum atomic E-state index is -2.07. The molecule has 0 unspecified atom stereocenters. The molecule has 0 aliphatic carbocycles. The molecule has 3 aromatic rings. The van der Waals surface area contributed by atoms with E-state index in [0.29, 0.717) is 40.4 Å². The van der Waals surface area contributed by atoms with Crippen LogP contribution in [0, 0.1) is 0 Å². The number of benzene rings is 2. The number of ketones is 1. The van der Waals surface area contributed by atoms with Gasteiger partial charge in [-0.05, 0) is 29.8 Å². The van der Waals surface area contributed by atoms with Gasteiger partial charge < -0.3 is 48.0 Å². The first-order chi connectivity index (χ1) is 19.3. The molecule has 1 aromatic heterocycles. The lowest BCUT2D eigenvalue weighted by molar-refractivity contribution is -0.908. The Kier molecular flexibility index (Phi) is 10.9. The number of methoxy groups -OCH3 is 3. The van der Waals surface area contributed by atoms with Crippen molar-refractivity contribution in [3.8, 4) is 23.0 Å². The Balaban J connectivity index is 0.000000663. The van der Waals surface area contributed by atoms with Crippen LogP contribution in [0.5, 0.6) is 23.0 Å². The van der Waals surface area contributed by atoms with Crippen molar-refractivity contribution in [3.63, 3.8) is 0 Å². The molecule has 2 N–H and O–H groups in total. The van der Waals surface area contributed by atoms with Crippen LogP contribution >= 0.6 is 0 Å². The molecular weight excluding hydrogens is 526 g/mol. The monoisotopic (exact) mass is 557 g/mol. The van der Waals surface area contributed by atoms with E-state index in [2.05, 4.69) is 0 Å². The second kappa shape index (κ2) is 14.6. The molecule has 40 heavy (non-hydrogen) atoms. The van der Waals surface area contributed by atoms with E-state index < -0.39 is 11.9 Å². The predicted molar refractivity (Wildman–Crippen MR) is 140 cm³/mol. The average molecular weight is 558 g/mol. The van der Waals surface area contributed by atoms with E-state index in [1.54, 1.807) is 25.5 Å². The molecule has 2 heterocycles. The normalized spacial score (nSPS) is 13.4. The maximum atomic E-state index is 13.5. The number of fused-ring (bicyclic) bond motifs is 1. The van der Waals surface area contributed by atoms with Crippen molar-refractivity contribution in [3.05, 3.63) is 53.8 Å². The Labute approximate surface area is 230 Å².